The van der Waals surface area contributed by atoms with E-state index in [1.54, 1.807) is 0 Å². The molecule has 6 aliphatic heterocycles. The van der Waals surface area contributed by atoms with Gasteiger partial charge in [-0.3, -0.25) is 0 Å². The number of nitrogens with zero attached hydrogens (tertiary/aromatic N) is 4. The van der Waals surface area contributed by atoms with Gasteiger partial charge in [-0.25, -0.2) is 0 Å². The number of fused-ring (bicyclic) bond motifs is 14. The normalized spacial score (nSPS) is 12.3. The number of benzene rings is 21. The summed E-state index contributed by atoms with van der Waals surface area (Å²) in [6.45, 7) is -0.135. The maximum absolute atomic E-state index is 6.66. The Morgan fingerprint density at radius 3 is 0.662 bits per heavy atom. The van der Waals surface area contributed by atoms with E-state index in [1.807, 2.05) is 89.4 Å². The molecule has 0 saturated heterocycles. The summed E-state index contributed by atoms with van der Waals surface area (Å²) < 4.78 is 42.3. The first-order valence-electron chi connectivity index (χ1n) is 48.9. The van der Waals surface area contributed by atoms with Gasteiger partial charge in [-0.15, -0.1) is 22.7 Å². The van der Waals surface area contributed by atoms with Crippen molar-refractivity contribution < 1.29 is 28.4 Å². The van der Waals surface area contributed by atoms with Gasteiger partial charge in [0, 0.05) is 116 Å². The van der Waals surface area contributed by atoms with Crippen molar-refractivity contribution >= 4 is 180 Å². The summed E-state index contributed by atoms with van der Waals surface area (Å²) in [5, 5.41) is 2.52. The highest BCUT2D eigenvalue weighted by molar-refractivity contribution is 7.22. The van der Waals surface area contributed by atoms with Crippen LogP contribution in [-0.2, 0) is 0 Å². The first-order valence-corrected chi connectivity index (χ1v) is 50.6. The molecule has 682 valence electrons. The van der Waals surface area contributed by atoms with Gasteiger partial charge in [-0.2, -0.15) is 0 Å². The van der Waals surface area contributed by atoms with Gasteiger partial charge in [0.25, 0.3) is 20.1 Å². The van der Waals surface area contributed by atoms with E-state index in [9.17, 15) is 0 Å². The molecular formula is C130H85B3N4O6S2. The molecule has 23 aromatic rings. The third-order valence-corrected chi connectivity index (χ3v) is 30.4. The van der Waals surface area contributed by atoms with Gasteiger partial charge in [0.15, 0.2) is 0 Å². The molecule has 145 heavy (non-hydrogen) atoms. The number of ether oxygens (including phenoxy) is 6. The highest BCUT2D eigenvalue weighted by Crippen LogP contribution is 2.48. The molecule has 0 saturated carbocycles. The average Bonchev–Trinajstić information content (AvgIpc) is 0.737. The lowest BCUT2D eigenvalue weighted by Gasteiger charge is -2.35. The van der Waals surface area contributed by atoms with Crippen molar-refractivity contribution in [1.82, 2.24) is 0 Å². The zero-order valence-electron chi connectivity index (χ0n) is 78.4. The molecule has 0 N–H and O–H groups in total. The summed E-state index contributed by atoms with van der Waals surface area (Å²) >= 11 is 3.68. The van der Waals surface area contributed by atoms with Crippen molar-refractivity contribution in [3.63, 3.8) is 0 Å². The largest absolute Gasteiger partial charge is 0.458 e. The summed E-state index contributed by atoms with van der Waals surface area (Å²) in [6, 6.07) is 181. The van der Waals surface area contributed by atoms with Gasteiger partial charge in [0.1, 0.15) is 69.0 Å². The second-order valence-electron chi connectivity index (χ2n) is 36.8. The van der Waals surface area contributed by atoms with Crippen LogP contribution < -0.4 is 97.2 Å². The maximum atomic E-state index is 6.66. The fourth-order valence-corrected chi connectivity index (χ4v) is 23.6. The Balaban J connectivity index is 0.000000108. The first-order chi connectivity index (χ1) is 71.8. The Hall–Kier alpha value is -18.3. The van der Waals surface area contributed by atoms with Crippen LogP contribution in [0.15, 0.2) is 516 Å². The number of thiophene rings is 2. The summed E-state index contributed by atoms with van der Waals surface area (Å²) in [6.07, 6.45) is 0. The number of hydrogen-bond acceptors (Lipinski definition) is 12. The standard InChI is InChI=1S/C46H27BO2S2.2C42H29BN2O2/c1-3-8-28(9-4-1)44-26-34-22-30(16-20-42(34)50-44)32-14-18-38-36(24-32)47-37-25-33(15-19-39(37)49-41-13-7-12-40(48-38)46(41)47)31-17-21-43-35(23-31)27-45(51-43)29-10-5-2-6-11-29;1-5-14-30(15-6-1)44(31-16-7-2-8-17-31)34-24-26-38-36(28-34)43-37-29-35(25-27-39(37)47-41-23-13-22-40(46-38)42(41)43)45(32-18-9-3-10-19-32)33-20-11-4-12-21-33;1-5-14-30(15-6-1)44(31-16-7-2-8-17-31)34-24-26-36-40(28-34)46-38-22-13-23-39-42(38)43(36)37-27-25-35(29-41(37)47-39)45(32-18-9-3-10-19-32)33-20-11-4-12-21-33/h1-27H;2*1-29H. The smallest absolute Gasteiger partial charge is 0.260 e. The molecule has 0 fully saturated rings. The van der Waals surface area contributed by atoms with Crippen molar-refractivity contribution in [3.05, 3.63) is 516 Å². The maximum Gasteiger partial charge on any atom is 0.260 e. The van der Waals surface area contributed by atoms with Crippen LogP contribution in [-0.4, -0.2) is 20.1 Å². The Morgan fingerprint density at radius 1 is 0.145 bits per heavy atom. The number of para-hydroxylation sites is 8. The minimum Gasteiger partial charge on any atom is -0.458 e. The summed E-state index contributed by atoms with van der Waals surface area (Å²) in [4.78, 5) is 11.7. The number of rotatable bonds is 16. The Labute approximate surface area is 849 Å². The molecule has 6 aliphatic rings. The lowest BCUT2D eigenvalue weighted by atomic mass is 9.34. The van der Waals surface area contributed by atoms with E-state index < -0.39 is 0 Å². The number of anilines is 12. The molecule has 2 aromatic heterocycles. The van der Waals surface area contributed by atoms with Crippen LogP contribution in [0.5, 0.6) is 69.0 Å². The Morgan fingerprint density at radius 2 is 0.372 bits per heavy atom. The minimum atomic E-state index is -0.0876. The summed E-state index contributed by atoms with van der Waals surface area (Å²) in [5.41, 5.74) is 30.1. The molecule has 0 aliphatic carbocycles. The van der Waals surface area contributed by atoms with E-state index in [0.29, 0.717) is 0 Å². The quantitative estimate of drug-likeness (QED) is 0.0874. The van der Waals surface area contributed by atoms with E-state index in [0.717, 1.165) is 186 Å². The van der Waals surface area contributed by atoms with Crippen molar-refractivity contribution in [3.8, 4) is 112 Å². The molecule has 15 heteroatoms. The van der Waals surface area contributed by atoms with Crippen molar-refractivity contribution in [2.45, 2.75) is 0 Å². The van der Waals surface area contributed by atoms with Crippen LogP contribution in [0, 0.1) is 0 Å². The van der Waals surface area contributed by atoms with Crippen LogP contribution in [0.4, 0.5) is 68.2 Å². The lowest BCUT2D eigenvalue weighted by molar-refractivity contribution is 0.464. The fraction of sp³-hybridized carbons (Fsp3) is 0. The molecule has 10 nitrogen and oxygen atoms in total. The highest BCUT2D eigenvalue weighted by atomic mass is 32.1. The highest BCUT2D eigenvalue weighted by Gasteiger charge is 2.45. The minimum absolute atomic E-state index is 0.0206. The monoisotopic (exact) mass is 1890 g/mol. The SMILES string of the molecule is c1ccc(-c2cc3cc(-c4ccc5c(c4)B4c6cc(-c7ccc8sc(-c9ccccc9)cc8c7)ccc6Oc6cccc(c64)O5)ccc3s2)cc1.c1ccc(N(c2ccccc2)c2ccc3c(c2)B2c4cc(N(c5ccccc5)c5ccccc5)ccc4Oc4cccc(c42)O3)cc1.c1ccc(N(c2ccccc2)c2ccc3c(c2)Oc2cccc4c2B3c2ccc(N(c3ccccc3)c3ccccc3)cc2O4)cc1. The van der Waals surface area contributed by atoms with Crippen molar-refractivity contribution in [2.24, 2.45) is 0 Å². The zero-order valence-corrected chi connectivity index (χ0v) is 80.0. The van der Waals surface area contributed by atoms with E-state index in [1.165, 1.54) is 63.3 Å². The van der Waals surface area contributed by atoms with E-state index in [-0.39, 0.29) is 20.1 Å². The Kier molecular flexibility index (Phi) is 21.8. The second kappa shape index (κ2) is 36.7. The third kappa shape index (κ3) is 15.9. The molecule has 0 unspecified atom stereocenters. The van der Waals surface area contributed by atoms with Crippen LogP contribution in [0.1, 0.15) is 0 Å². The van der Waals surface area contributed by atoms with Crippen molar-refractivity contribution in [1.29, 1.82) is 0 Å². The predicted octanol–water partition coefficient (Wildman–Crippen LogP) is 30.2. The van der Waals surface area contributed by atoms with Gasteiger partial charge >= 0.3 is 0 Å². The van der Waals surface area contributed by atoms with E-state index in [4.69, 9.17) is 28.4 Å². The van der Waals surface area contributed by atoms with Crippen LogP contribution in [0.2, 0.25) is 0 Å². The first kappa shape index (κ1) is 85.9. The lowest BCUT2D eigenvalue weighted by Crippen LogP contribution is -2.57. The van der Waals surface area contributed by atoms with E-state index >= 15 is 0 Å². The molecule has 0 bridgehead atoms. The summed E-state index contributed by atoms with van der Waals surface area (Å²) in [7, 11) is 0. The van der Waals surface area contributed by atoms with Gasteiger partial charge < -0.3 is 48.0 Å². The Bertz CT molecular complexity index is 8210. The third-order valence-electron chi connectivity index (χ3n) is 28.1. The molecule has 0 radical (unpaired) electrons. The predicted molar refractivity (Wildman–Crippen MR) is 604 cm³/mol. The second-order valence-corrected chi connectivity index (χ2v) is 39.0. The molecule has 0 atom stereocenters. The van der Waals surface area contributed by atoms with Gasteiger partial charge in [-0.1, -0.05) is 273 Å². The molecule has 0 amide bonds. The fourth-order valence-electron chi connectivity index (χ4n) is 21.5. The number of hydrogen-bond donors (Lipinski definition) is 0. The van der Waals surface area contributed by atoms with Crippen LogP contribution in [0.3, 0.4) is 0 Å². The van der Waals surface area contributed by atoms with Crippen molar-refractivity contribution in [2.75, 3.05) is 19.6 Å². The topological polar surface area (TPSA) is 68.3 Å². The van der Waals surface area contributed by atoms with Gasteiger partial charge in [-0.05, 0) is 307 Å². The van der Waals surface area contributed by atoms with Gasteiger partial charge in [0.2, 0.25) is 0 Å². The molecule has 29 rings (SSSR count). The summed E-state index contributed by atoms with van der Waals surface area (Å²) in [5.74, 6) is 10.2. The molecule has 8 heterocycles. The van der Waals surface area contributed by atoms with E-state index in [2.05, 4.69) is 469 Å². The molecule has 0 spiro atoms. The van der Waals surface area contributed by atoms with Crippen LogP contribution >= 0.6 is 22.7 Å². The molecular weight excluding hydrogens is 1810 g/mol. The van der Waals surface area contributed by atoms with Gasteiger partial charge in [0.05, 0.1) is 0 Å². The molecule has 21 aromatic carbocycles. The zero-order chi connectivity index (χ0) is 95.8. The average molecular weight is 1900 g/mol. The van der Waals surface area contributed by atoms with Crippen LogP contribution in [0.25, 0.3) is 63.3 Å².